The van der Waals surface area contributed by atoms with Crippen LogP contribution in [-0.4, -0.2) is 26.8 Å². The fourth-order valence-corrected chi connectivity index (χ4v) is 9.69. The number of hydrogen-bond donors (Lipinski definition) is 0. The predicted octanol–water partition coefficient (Wildman–Crippen LogP) is 10.6. The molecule has 0 fully saturated rings. The van der Waals surface area contributed by atoms with Gasteiger partial charge in [0.05, 0.1) is 0 Å². The molecule has 0 aliphatic carbocycles. The Morgan fingerprint density at radius 1 is 0.655 bits per heavy atom. The van der Waals surface area contributed by atoms with E-state index in [-0.39, 0.29) is 0 Å². The van der Waals surface area contributed by atoms with Gasteiger partial charge in [-0.3, -0.25) is 13.6 Å². The normalized spacial score (nSPS) is 17.3. The molecule has 0 aliphatic rings. The highest BCUT2D eigenvalue weighted by Gasteiger charge is 2.57. The average Bonchev–Trinajstić information content (AvgIpc) is 2.51. The molecule has 0 bridgehead atoms. The molecule has 0 radical (unpaired) electrons. The van der Waals surface area contributed by atoms with Gasteiger partial charge in [-0.2, -0.15) is 0 Å². The molecule has 0 saturated carbocycles. The van der Waals surface area contributed by atoms with Crippen LogP contribution < -0.4 is 0 Å². The third kappa shape index (κ3) is 8.69. The Balaban J connectivity index is 6.31. The fraction of sp³-hybridized carbons (Fsp3) is 1.00. The second-order valence-corrected chi connectivity index (χ2v) is 20.1. The maximum atomic E-state index is 14.0. The monoisotopic (exact) mass is 965 g/mol. The third-order valence-corrected chi connectivity index (χ3v) is 17.9. The summed E-state index contributed by atoms with van der Waals surface area (Å²) in [6.07, 6.45) is 0. The number of hydrogen-bond acceptors (Lipinski definition) is 4. The van der Waals surface area contributed by atoms with E-state index < -0.39 is 34.9 Å². The smallest absolute Gasteiger partial charge is 0.257 e. The van der Waals surface area contributed by atoms with Gasteiger partial charge in [-0.15, -0.1) is 0 Å². The summed E-state index contributed by atoms with van der Waals surface area (Å²) in [4.78, 5) is 0. The molecule has 176 valence electrons. The largest absolute Gasteiger partial charge is 0.481 e. The molecule has 0 rings (SSSR count). The van der Waals surface area contributed by atoms with Gasteiger partial charge >= 0.3 is 7.82 Å². The molecule has 4 nitrogen and oxygen atoms in total. The number of halogens is 9. The second-order valence-electron chi connectivity index (χ2n) is 8.32. The van der Waals surface area contributed by atoms with E-state index in [1.807, 2.05) is 41.5 Å². The van der Waals surface area contributed by atoms with E-state index in [4.69, 9.17) is 25.2 Å². The Labute approximate surface area is 246 Å². The first-order chi connectivity index (χ1) is 12.6. The van der Waals surface area contributed by atoms with E-state index in [2.05, 4.69) is 127 Å². The van der Waals surface area contributed by atoms with Crippen molar-refractivity contribution >= 4 is 147 Å². The van der Waals surface area contributed by atoms with Crippen LogP contribution in [0.2, 0.25) is 0 Å². The highest BCUT2D eigenvalue weighted by molar-refractivity contribution is 9.25. The summed E-state index contributed by atoms with van der Waals surface area (Å²) in [5.41, 5.74) is -1.81. The Morgan fingerprint density at radius 3 is 1.17 bits per heavy atom. The summed E-state index contributed by atoms with van der Waals surface area (Å²) < 4.78 is 27.6. The molecular formula is C15H24Br8ClO4P. The van der Waals surface area contributed by atoms with Crippen molar-refractivity contribution in [3.63, 3.8) is 0 Å². The molecule has 14 heteroatoms. The SMILES string of the molecule is CC(C)(CBr)C(Cl)(Br)OP(=O)(OC(Br)(Br)C(C)(C)CBr)OC(Br)(Br)C(C)(C)CBr. The molecular weight excluding hydrogens is 950 g/mol. The molecule has 1 unspecified atom stereocenters. The first-order valence-corrected chi connectivity index (χ1v) is 17.3. The molecule has 29 heavy (non-hydrogen) atoms. The number of alkyl halides is 9. The van der Waals surface area contributed by atoms with Crippen LogP contribution in [0.4, 0.5) is 0 Å². The van der Waals surface area contributed by atoms with Gasteiger partial charge in [-0.05, 0) is 79.6 Å². The summed E-state index contributed by atoms with van der Waals surface area (Å²) in [5, 5.41) is 1.49. The van der Waals surface area contributed by atoms with E-state index in [1.54, 1.807) is 0 Å². The van der Waals surface area contributed by atoms with Gasteiger partial charge in [0.25, 0.3) is 0 Å². The van der Waals surface area contributed by atoms with E-state index in [9.17, 15) is 4.57 Å². The van der Waals surface area contributed by atoms with E-state index in [0.29, 0.717) is 16.0 Å². The zero-order valence-corrected chi connectivity index (χ0v) is 30.9. The maximum Gasteiger partial charge on any atom is 0.481 e. The van der Waals surface area contributed by atoms with Crippen molar-refractivity contribution in [3.05, 3.63) is 0 Å². The molecule has 0 spiro atoms. The Morgan fingerprint density at radius 2 is 0.931 bits per heavy atom. The van der Waals surface area contributed by atoms with Crippen LogP contribution in [0.15, 0.2) is 0 Å². The molecule has 0 aliphatic heterocycles. The Bertz CT molecular complexity index is 532. The molecule has 0 amide bonds. The highest BCUT2D eigenvalue weighted by atomic mass is 79.9. The minimum Gasteiger partial charge on any atom is -0.257 e. The van der Waals surface area contributed by atoms with Crippen LogP contribution >= 0.6 is 147 Å². The van der Waals surface area contributed by atoms with Gasteiger partial charge in [0.2, 0.25) is 3.97 Å². The standard InChI is InChI=1S/C15H24Br8ClO4P/c1-10(2,7-16)13(19,20)26-29(25,27-14(21,22)11(3,4)8-17)28-15(23,24)12(5,6)9-18/h7-9H2,1-6H3. The van der Waals surface area contributed by atoms with Gasteiger partial charge in [0.15, 0.2) is 6.84 Å². The van der Waals surface area contributed by atoms with Crippen LogP contribution in [0, 0.1) is 16.2 Å². The van der Waals surface area contributed by atoms with Crippen LogP contribution in [0.3, 0.4) is 0 Å². The molecule has 0 heterocycles. The first kappa shape index (κ1) is 33.2. The van der Waals surface area contributed by atoms with Gasteiger partial charge in [0, 0.05) is 32.2 Å². The average molecular weight is 974 g/mol. The molecule has 0 N–H and O–H groups in total. The minimum atomic E-state index is -4.34. The fourth-order valence-electron chi connectivity index (χ4n) is 1.08. The summed E-state index contributed by atoms with van der Waals surface area (Å²) in [6, 6.07) is 0. The first-order valence-electron chi connectivity index (χ1n) is 8.09. The topological polar surface area (TPSA) is 44.8 Å². The summed E-state index contributed by atoms with van der Waals surface area (Å²) in [6.45, 7) is 11.3. The van der Waals surface area contributed by atoms with E-state index >= 15 is 0 Å². The van der Waals surface area contributed by atoms with Gasteiger partial charge in [-0.25, -0.2) is 4.57 Å². The molecule has 0 aromatic carbocycles. The van der Waals surface area contributed by atoms with Crippen molar-refractivity contribution < 1.29 is 18.1 Å². The number of phosphoric acid groups is 1. The number of rotatable bonds is 12. The van der Waals surface area contributed by atoms with Crippen molar-refractivity contribution in [2.24, 2.45) is 16.2 Å². The van der Waals surface area contributed by atoms with Gasteiger partial charge < -0.3 is 0 Å². The lowest BCUT2D eigenvalue weighted by atomic mass is 9.98. The predicted molar refractivity (Wildman–Crippen MR) is 152 cm³/mol. The lowest BCUT2D eigenvalue weighted by Gasteiger charge is -2.44. The van der Waals surface area contributed by atoms with Crippen molar-refractivity contribution in [2.45, 2.75) is 52.4 Å². The van der Waals surface area contributed by atoms with Crippen LogP contribution in [0.1, 0.15) is 41.5 Å². The molecule has 0 saturated heterocycles. The maximum absolute atomic E-state index is 14.0. The quantitative estimate of drug-likeness (QED) is 0.144. The Hall–Kier alpha value is 4.24. The van der Waals surface area contributed by atoms with Gasteiger partial charge in [0.1, 0.15) is 0 Å². The van der Waals surface area contributed by atoms with Crippen LogP contribution in [0.5, 0.6) is 0 Å². The zero-order valence-electron chi connectivity index (χ0n) is 16.6. The van der Waals surface area contributed by atoms with E-state index in [0.717, 1.165) is 0 Å². The minimum absolute atomic E-state index is 0.454. The zero-order chi connectivity index (χ0) is 23.7. The van der Waals surface area contributed by atoms with Crippen LogP contribution in [0.25, 0.3) is 0 Å². The van der Waals surface area contributed by atoms with E-state index in [1.165, 1.54) is 0 Å². The highest BCUT2D eigenvalue weighted by Crippen LogP contribution is 2.69. The Kier molecular flexibility index (Phi) is 13.2. The van der Waals surface area contributed by atoms with Gasteiger partial charge in [-0.1, -0.05) is 101 Å². The number of phosphoric ester groups is 1. The lowest BCUT2D eigenvalue weighted by Crippen LogP contribution is -2.43. The lowest BCUT2D eigenvalue weighted by molar-refractivity contribution is 0.00599. The summed E-state index contributed by atoms with van der Waals surface area (Å²) in [5.74, 6) is 0. The van der Waals surface area contributed by atoms with Crippen LogP contribution in [-0.2, 0) is 18.1 Å². The van der Waals surface area contributed by atoms with Crippen molar-refractivity contribution in [2.75, 3.05) is 16.0 Å². The van der Waals surface area contributed by atoms with Crippen molar-refractivity contribution in [1.29, 1.82) is 0 Å². The second kappa shape index (κ2) is 11.5. The van der Waals surface area contributed by atoms with Crippen molar-refractivity contribution in [1.82, 2.24) is 0 Å². The summed E-state index contributed by atoms with van der Waals surface area (Å²) >= 11 is 34.2. The molecule has 0 aromatic heterocycles. The molecule has 1 atom stereocenters. The third-order valence-electron chi connectivity index (χ3n) is 4.05. The van der Waals surface area contributed by atoms with Crippen molar-refractivity contribution in [3.8, 4) is 0 Å². The molecule has 0 aromatic rings. The summed E-state index contributed by atoms with van der Waals surface area (Å²) in [7, 11) is -4.34.